The smallest absolute Gasteiger partial charge is 0.137 e. The Morgan fingerprint density at radius 1 is 1.28 bits per heavy atom. The Labute approximate surface area is 110 Å². The summed E-state index contributed by atoms with van der Waals surface area (Å²) in [4.78, 5) is 4.51. The first-order chi connectivity index (χ1) is 8.30. The molecule has 2 aliphatic rings. The van der Waals surface area contributed by atoms with Crippen LogP contribution in [-0.4, -0.2) is 66.4 Å². The van der Waals surface area contributed by atoms with E-state index in [4.69, 9.17) is 4.74 Å². The van der Waals surface area contributed by atoms with Gasteiger partial charge in [-0.25, -0.2) is 4.39 Å². The second-order valence-electron chi connectivity index (χ2n) is 6.89. The van der Waals surface area contributed by atoms with Crippen molar-refractivity contribution < 1.29 is 9.13 Å². The van der Waals surface area contributed by atoms with E-state index >= 15 is 4.39 Å². The molecule has 2 saturated heterocycles. The van der Waals surface area contributed by atoms with Crippen LogP contribution in [-0.2, 0) is 4.74 Å². The van der Waals surface area contributed by atoms with E-state index in [0.717, 1.165) is 26.3 Å². The van der Waals surface area contributed by atoms with Crippen LogP contribution in [0.1, 0.15) is 34.1 Å². The summed E-state index contributed by atoms with van der Waals surface area (Å²) >= 11 is 0. The number of ether oxygens (including phenoxy) is 1. The summed E-state index contributed by atoms with van der Waals surface area (Å²) < 4.78 is 20.3. The molecule has 3 nitrogen and oxygen atoms in total. The van der Waals surface area contributed by atoms with E-state index < -0.39 is 5.67 Å². The van der Waals surface area contributed by atoms with Crippen molar-refractivity contribution in [2.45, 2.75) is 51.4 Å². The third kappa shape index (κ3) is 3.22. The van der Waals surface area contributed by atoms with E-state index in [2.05, 4.69) is 37.5 Å². The molecule has 0 N–H and O–H groups in total. The Balaban J connectivity index is 1.96. The third-order valence-electron chi connectivity index (χ3n) is 4.12. The van der Waals surface area contributed by atoms with Crippen LogP contribution >= 0.6 is 0 Å². The summed E-state index contributed by atoms with van der Waals surface area (Å²) in [5, 5.41) is 0. The Hall–Kier alpha value is -0.190. The van der Waals surface area contributed by atoms with Gasteiger partial charge >= 0.3 is 0 Å². The molecule has 2 atom stereocenters. The van der Waals surface area contributed by atoms with Crippen LogP contribution < -0.4 is 0 Å². The first-order valence-corrected chi connectivity index (χ1v) is 7.06. The van der Waals surface area contributed by atoms with Gasteiger partial charge in [0.2, 0.25) is 0 Å². The minimum absolute atomic E-state index is 0.0538. The van der Waals surface area contributed by atoms with Gasteiger partial charge in [0.05, 0.1) is 13.2 Å². The van der Waals surface area contributed by atoms with E-state index in [1.54, 1.807) is 0 Å². The van der Waals surface area contributed by atoms with Gasteiger partial charge in [-0.2, -0.15) is 0 Å². The zero-order valence-corrected chi connectivity index (χ0v) is 12.2. The van der Waals surface area contributed by atoms with E-state index in [0.29, 0.717) is 25.6 Å². The molecular formula is C14H27FN2O. The SMILES string of the molecule is C[C@@H]1C[C@](F)(CN2CCOCC2)CN1C(C)(C)C. The van der Waals surface area contributed by atoms with E-state index in [9.17, 15) is 0 Å². The predicted molar refractivity (Wildman–Crippen MR) is 71.6 cm³/mol. The number of hydrogen-bond donors (Lipinski definition) is 0. The molecule has 0 aromatic carbocycles. The number of rotatable bonds is 2. The highest BCUT2D eigenvalue weighted by Crippen LogP contribution is 2.36. The topological polar surface area (TPSA) is 15.7 Å². The molecule has 2 fully saturated rings. The van der Waals surface area contributed by atoms with Crippen LogP contribution in [0.3, 0.4) is 0 Å². The fourth-order valence-electron chi connectivity index (χ4n) is 3.34. The molecule has 18 heavy (non-hydrogen) atoms. The molecule has 0 spiro atoms. The zero-order chi connectivity index (χ0) is 13.4. The largest absolute Gasteiger partial charge is 0.379 e. The Bertz CT molecular complexity index is 286. The Morgan fingerprint density at radius 2 is 1.89 bits per heavy atom. The summed E-state index contributed by atoms with van der Waals surface area (Å²) in [6.07, 6.45) is 0.654. The number of halogens is 1. The lowest BCUT2D eigenvalue weighted by Crippen LogP contribution is -2.48. The number of likely N-dealkylation sites (tertiary alicyclic amines) is 1. The molecular weight excluding hydrogens is 231 g/mol. The highest BCUT2D eigenvalue weighted by atomic mass is 19.1. The monoisotopic (exact) mass is 258 g/mol. The lowest BCUT2D eigenvalue weighted by molar-refractivity contribution is 0.00493. The normalized spacial score (nSPS) is 36.2. The maximum atomic E-state index is 15.0. The minimum atomic E-state index is -1.05. The van der Waals surface area contributed by atoms with Crippen LogP contribution in [0.15, 0.2) is 0 Å². The molecule has 106 valence electrons. The van der Waals surface area contributed by atoms with Gasteiger partial charge in [-0.05, 0) is 34.1 Å². The molecule has 0 bridgehead atoms. The maximum Gasteiger partial charge on any atom is 0.137 e. The van der Waals surface area contributed by atoms with Gasteiger partial charge in [0.25, 0.3) is 0 Å². The van der Waals surface area contributed by atoms with Crippen molar-refractivity contribution in [3.8, 4) is 0 Å². The molecule has 0 unspecified atom stereocenters. The lowest BCUT2D eigenvalue weighted by Gasteiger charge is -2.36. The predicted octanol–water partition coefficient (Wildman–Crippen LogP) is 1.92. The van der Waals surface area contributed by atoms with Gasteiger partial charge < -0.3 is 4.74 Å². The highest BCUT2D eigenvalue weighted by molar-refractivity contribution is 5.01. The van der Waals surface area contributed by atoms with Crippen molar-refractivity contribution in [1.82, 2.24) is 9.80 Å². The van der Waals surface area contributed by atoms with Gasteiger partial charge in [-0.15, -0.1) is 0 Å². The second-order valence-corrected chi connectivity index (χ2v) is 6.89. The van der Waals surface area contributed by atoms with Crippen LogP contribution in [0.5, 0.6) is 0 Å². The lowest BCUT2D eigenvalue weighted by atomic mass is 10.0. The van der Waals surface area contributed by atoms with Crippen LogP contribution in [0.4, 0.5) is 4.39 Å². The average molecular weight is 258 g/mol. The Morgan fingerprint density at radius 3 is 2.39 bits per heavy atom. The fourth-order valence-corrected chi connectivity index (χ4v) is 3.34. The fraction of sp³-hybridized carbons (Fsp3) is 1.00. The van der Waals surface area contributed by atoms with Crippen molar-refractivity contribution in [2.24, 2.45) is 0 Å². The quantitative estimate of drug-likeness (QED) is 0.752. The maximum absolute atomic E-state index is 15.0. The second kappa shape index (κ2) is 5.06. The molecule has 4 heteroatoms. The van der Waals surface area contributed by atoms with Gasteiger partial charge in [-0.1, -0.05) is 0 Å². The van der Waals surface area contributed by atoms with Crippen molar-refractivity contribution in [1.29, 1.82) is 0 Å². The van der Waals surface area contributed by atoms with Gasteiger partial charge in [-0.3, -0.25) is 9.80 Å². The Kier molecular flexibility index (Phi) is 4.00. The number of morpholine rings is 1. The molecule has 0 saturated carbocycles. The van der Waals surface area contributed by atoms with Crippen molar-refractivity contribution in [2.75, 3.05) is 39.4 Å². The molecule has 2 rings (SSSR count). The summed E-state index contributed by atoms with van der Waals surface area (Å²) in [5.41, 5.74) is -0.998. The third-order valence-corrected chi connectivity index (χ3v) is 4.12. The average Bonchev–Trinajstić information content (AvgIpc) is 2.55. The van der Waals surface area contributed by atoms with E-state index in [1.807, 2.05) is 0 Å². The first-order valence-electron chi connectivity index (χ1n) is 7.06. The molecule has 2 aliphatic heterocycles. The number of alkyl halides is 1. The van der Waals surface area contributed by atoms with Crippen molar-refractivity contribution >= 4 is 0 Å². The molecule has 2 heterocycles. The van der Waals surface area contributed by atoms with E-state index in [1.165, 1.54) is 0 Å². The van der Waals surface area contributed by atoms with Crippen LogP contribution in [0.2, 0.25) is 0 Å². The van der Waals surface area contributed by atoms with Crippen molar-refractivity contribution in [3.63, 3.8) is 0 Å². The summed E-state index contributed by atoms with van der Waals surface area (Å²) in [7, 11) is 0. The first kappa shape index (κ1) is 14.2. The van der Waals surface area contributed by atoms with Crippen LogP contribution in [0.25, 0.3) is 0 Å². The summed E-state index contributed by atoms with van der Waals surface area (Å²) in [6, 6.07) is 0.330. The summed E-state index contributed by atoms with van der Waals surface area (Å²) in [5.74, 6) is 0. The van der Waals surface area contributed by atoms with Gasteiger partial charge in [0.15, 0.2) is 0 Å². The summed E-state index contributed by atoms with van der Waals surface area (Å²) in [6.45, 7) is 13.0. The zero-order valence-electron chi connectivity index (χ0n) is 12.2. The number of nitrogens with zero attached hydrogens (tertiary/aromatic N) is 2. The number of hydrogen-bond acceptors (Lipinski definition) is 3. The van der Waals surface area contributed by atoms with Gasteiger partial charge in [0.1, 0.15) is 5.67 Å². The van der Waals surface area contributed by atoms with Crippen LogP contribution in [0, 0.1) is 0 Å². The molecule has 0 radical (unpaired) electrons. The van der Waals surface area contributed by atoms with Gasteiger partial charge in [0, 0.05) is 37.8 Å². The molecule has 0 amide bonds. The highest BCUT2D eigenvalue weighted by Gasteiger charge is 2.46. The molecule has 0 aromatic rings. The van der Waals surface area contributed by atoms with E-state index in [-0.39, 0.29) is 5.54 Å². The van der Waals surface area contributed by atoms with Crippen molar-refractivity contribution in [3.05, 3.63) is 0 Å². The molecule has 0 aliphatic carbocycles. The minimum Gasteiger partial charge on any atom is -0.379 e. The molecule has 0 aromatic heterocycles. The standard InChI is InChI=1S/C14H27FN2O/c1-12-9-14(15,11-17(12)13(2,3)4)10-16-5-7-18-8-6-16/h12H,5-11H2,1-4H3/t12-,14+/m1/s1.